The van der Waals surface area contributed by atoms with E-state index in [4.69, 9.17) is 4.74 Å². The molecule has 1 aromatic heterocycles. The summed E-state index contributed by atoms with van der Waals surface area (Å²) in [4.78, 5) is 18.8. The zero-order chi connectivity index (χ0) is 17.1. The molecule has 8 heteroatoms. The third-order valence-corrected chi connectivity index (χ3v) is 4.04. The maximum absolute atomic E-state index is 13.8. The van der Waals surface area contributed by atoms with Crippen molar-refractivity contribution in [3.8, 4) is 5.75 Å². The van der Waals surface area contributed by atoms with Gasteiger partial charge in [0.1, 0.15) is 5.69 Å². The van der Waals surface area contributed by atoms with E-state index in [9.17, 15) is 14.5 Å². The molecule has 0 unspecified atom stereocenters. The van der Waals surface area contributed by atoms with Crippen molar-refractivity contribution in [1.29, 1.82) is 0 Å². The van der Waals surface area contributed by atoms with Crippen molar-refractivity contribution in [3.05, 3.63) is 52.5 Å². The molecule has 1 aliphatic heterocycles. The minimum Gasteiger partial charge on any atom is -0.490 e. The summed E-state index contributed by atoms with van der Waals surface area (Å²) in [5.74, 6) is 0.186. The Morgan fingerprint density at radius 2 is 1.88 bits per heavy atom. The lowest BCUT2D eigenvalue weighted by molar-refractivity contribution is -0.385. The highest BCUT2D eigenvalue weighted by Crippen LogP contribution is 2.37. The minimum atomic E-state index is -0.432. The fourth-order valence-electron chi connectivity index (χ4n) is 2.88. The van der Waals surface area contributed by atoms with E-state index in [1.54, 1.807) is 30.5 Å². The van der Waals surface area contributed by atoms with Gasteiger partial charge in [-0.2, -0.15) is 0 Å². The average Bonchev–Trinajstić information content (AvgIpc) is 2.61. The van der Waals surface area contributed by atoms with Crippen LogP contribution in [0, 0.1) is 15.9 Å². The van der Waals surface area contributed by atoms with E-state index in [1.807, 2.05) is 9.80 Å². The molecule has 7 nitrogen and oxygen atoms in total. The fraction of sp³-hybridized carbons (Fsp3) is 0.312. The van der Waals surface area contributed by atoms with Crippen LogP contribution in [0.4, 0.5) is 21.6 Å². The topological polar surface area (TPSA) is 71.7 Å². The van der Waals surface area contributed by atoms with E-state index >= 15 is 0 Å². The van der Waals surface area contributed by atoms with Crippen molar-refractivity contribution in [2.75, 3.05) is 43.1 Å². The molecule has 24 heavy (non-hydrogen) atoms. The first-order valence-corrected chi connectivity index (χ1v) is 7.53. The first-order chi connectivity index (χ1) is 11.6. The number of hydrogen-bond donors (Lipinski definition) is 0. The van der Waals surface area contributed by atoms with E-state index < -0.39 is 4.92 Å². The molecule has 1 saturated heterocycles. The van der Waals surface area contributed by atoms with Crippen LogP contribution in [-0.4, -0.2) is 43.2 Å². The van der Waals surface area contributed by atoms with Gasteiger partial charge < -0.3 is 14.5 Å². The van der Waals surface area contributed by atoms with Crippen molar-refractivity contribution in [1.82, 2.24) is 4.98 Å². The molecule has 0 spiro atoms. The number of nitro benzene ring substituents is 1. The summed E-state index contributed by atoms with van der Waals surface area (Å²) in [5.41, 5.74) is 0.470. The number of ether oxygens (including phenoxy) is 1. The predicted octanol–water partition coefficient (Wildman–Crippen LogP) is 2.46. The van der Waals surface area contributed by atoms with Gasteiger partial charge in [-0.05, 0) is 24.3 Å². The van der Waals surface area contributed by atoms with Crippen molar-refractivity contribution in [2.45, 2.75) is 0 Å². The zero-order valence-corrected chi connectivity index (χ0v) is 13.2. The number of aromatic nitrogens is 1. The summed E-state index contributed by atoms with van der Waals surface area (Å²) in [5, 5.41) is 11.4. The Hall–Kier alpha value is -2.90. The lowest BCUT2D eigenvalue weighted by atomic mass is 10.2. The van der Waals surface area contributed by atoms with Crippen LogP contribution in [0.5, 0.6) is 5.75 Å². The number of hydrogen-bond acceptors (Lipinski definition) is 6. The van der Waals surface area contributed by atoms with Crippen molar-refractivity contribution in [2.24, 2.45) is 0 Å². The van der Waals surface area contributed by atoms with Crippen LogP contribution >= 0.6 is 0 Å². The third kappa shape index (κ3) is 2.94. The summed E-state index contributed by atoms with van der Waals surface area (Å²) < 4.78 is 18.9. The Labute approximate surface area is 138 Å². The van der Waals surface area contributed by atoms with Crippen LogP contribution in [0.15, 0.2) is 36.5 Å². The van der Waals surface area contributed by atoms with Gasteiger partial charge in [0.05, 0.1) is 12.0 Å². The molecule has 2 aromatic rings. The number of piperazine rings is 1. The normalized spacial score (nSPS) is 14.6. The Morgan fingerprint density at radius 1 is 1.17 bits per heavy atom. The van der Waals surface area contributed by atoms with Crippen LogP contribution in [-0.2, 0) is 0 Å². The molecule has 0 saturated carbocycles. The SMILES string of the molecule is COc1cccc(N2CCN(c3ncccc3F)CC2)c1[N+](=O)[O-]. The maximum Gasteiger partial charge on any atom is 0.333 e. The summed E-state index contributed by atoms with van der Waals surface area (Å²) >= 11 is 0. The predicted molar refractivity (Wildman–Crippen MR) is 88.3 cm³/mol. The molecule has 1 aromatic carbocycles. The van der Waals surface area contributed by atoms with E-state index in [-0.39, 0.29) is 17.3 Å². The Morgan fingerprint density at radius 3 is 2.50 bits per heavy atom. The smallest absolute Gasteiger partial charge is 0.333 e. The first-order valence-electron chi connectivity index (χ1n) is 7.53. The standard InChI is InChI=1S/C16H17FN4O3/c1-24-14-6-2-5-13(15(14)21(22)23)19-8-10-20(11-9-19)16-12(17)4-3-7-18-16/h2-7H,8-11H2,1H3. The highest BCUT2D eigenvalue weighted by Gasteiger charge is 2.28. The number of methoxy groups -OCH3 is 1. The second-order valence-corrected chi connectivity index (χ2v) is 5.37. The van der Waals surface area contributed by atoms with Gasteiger partial charge in [-0.25, -0.2) is 9.37 Å². The number of nitrogens with zero attached hydrogens (tertiary/aromatic N) is 4. The van der Waals surface area contributed by atoms with Gasteiger partial charge in [-0.3, -0.25) is 10.1 Å². The third-order valence-electron chi connectivity index (χ3n) is 4.04. The number of para-hydroxylation sites is 1. The van der Waals surface area contributed by atoms with E-state index in [2.05, 4.69) is 4.98 Å². The quantitative estimate of drug-likeness (QED) is 0.633. The summed E-state index contributed by atoms with van der Waals surface area (Å²) in [7, 11) is 1.41. The van der Waals surface area contributed by atoms with Crippen molar-refractivity contribution < 1.29 is 14.1 Å². The molecule has 3 rings (SSSR count). The van der Waals surface area contributed by atoms with Crippen molar-refractivity contribution >= 4 is 17.2 Å². The van der Waals surface area contributed by atoms with Gasteiger partial charge >= 0.3 is 5.69 Å². The largest absolute Gasteiger partial charge is 0.490 e. The molecular formula is C16H17FN4O3. The maximum atomic E-state index is 13.8. The molecule has 0 radical (unpaired) electrons. The molecule has 0 N–H and O–H groups in total. The van der Waals surface area contributed by atoms with E-state index in [1.165, 1.54) is 13.2 Å². The minimum absolute atomic E-state index is 0.0440. The molecule has 0 bridgehead atoms. The van der Waals surface area contributed by atoms with Gasteiger partial charge in [-0.1, -0.05) is 6.07 Å². The van der Waals surface area contributed by atoms with Gasteiger partial charge in [0.15, 0.2) is 17.4 Å². The molecule has 0 aliphatic carbocycles. The van der Waals surface area contributed by atoms with Crippen LogP contribution in [0.3, 0.4) is 0 Å². The Balaban J connectivity index is 1.81. The van der Waals surface area contributed by atoms with Crippen LogP contribution < -0.4 is 14.5 Å². The average molecular weight is 332 g/mol. The fourth-order valence-corrected chi connectivity index (χ4v) is 2.88. The van der Waals surface area contributed by atoms with Crippen LogP contribution in [0.2, 0.25) is 0 Å². The van der Waals surface area contributed by atoms with Gasteiger partial charge in [0.25, 0.3) is 0 Å². The van der Waals surface area contributed by atoms with Crippen molar-refractivity contribution in [3.63, 3.8) is 0 Å². The van der Waals surface area contributed by atoms with E-state index in [0.717, 1.165) is 0 Å². The van der Waals surface area contributed by atoms with Gasteiger partial charge in [0, 0.05) is 32.4 Å². The summed E-state index contributed by atoms with van der Waals surface area (Å²) in [6, 6.07) is 7.93. The Bertz CT molecular complexity index is 748. The second-order valence-electron chi connectivity index (χ2n) is 5.37. The van der Waals surface area contributed by atoms with Crippen LogP contribution in [0.25, 0.3) is 0 Å². The van der Waals surface area contributed by atoms with Gasteiger partial charge in [-0.15, -0.1) is 0 Å². The molecule has 0 amide bonds. The number of anilines is 2. The van der Waals surface area contributed by atoms with Crippen LogP contribution in [0.1, 0.15) is 0 Å². The molecule has 0 atom stereocenters. The molecule has 126 valence electrons. The number of nitro groups is 1. The number of halogens is 1. The highest BCUT2D eigenvalue weighted by atomic mass is 19.1. The lowest BCUT2D eigenvalue weighted by Gasteiger charge is -2.36. The van der Waals surface area contributed by atoms with E-state index in [0.29, 0.717) is 37.7 Å². The monoisotopic (exact) mass is 332 g/mol. The number of benzene rings is 1. The first kappa shape index (κ1) is 16.0. The summed E-state index contributed by atoms with van der Waals surface area (Å²) in [6.07, 6.45) is 1.55. The molecular weight excluding hydrogens is 315 g/mol. The number of rotatable bonds is 4. The van der Waals surface area contributed by atoms with Gasteiger partial charge in [0.2, 0.25) is 0 Å². The molecule has 1 aliphatic rings. The molecule has 1 fully saturated rings. The highest BCUT2D eigenvalue weighted by molar-refractivity contribution is 5.70. The molecule has 2 heterocycles. The Kier molecular flexibility index (Phi) is 4.45. The number of pyridine rings is 1. The zero-order valence-electron chi connectivity index (χ0n) is 13.2. The lowest BCUT2D eigenvalue weighted by Crippen LogP contribution is -2.47. The second kappa shape index (κ2) is 6.69. The summed E-state index contributed by atoms with van der Waals surface area (Å²) in [6.45, 7) is 2.12.